The lowest BCUT2D eigenvalue weighted by Crippen LogP contribution is -2.28. The molecule has 1 saturated heterocycles. The summed E-state index contributed by atoms with van der Waals surface area (Å²) in [4.78, 5) is 10.1. The summed E-state index contributed by atoms with van der Waals surface area (Å²) >= 11 is 7.99. The van der Waals surface area contributed by atoms with E-state index in [2.05, 4.69) is 41.2 Å². The van der Waals surface area contributed by atoms with Gasteiger partial charge in [-0.1, -0.05) is 29.8 Å². The summed E-state index contributed by atoms with van der Waals surface area (Å²) in [5, 5.41) is 1.69. The molecule has 0 bridgehead atoms. The second-order valence-corrected chi connectivity index (χ2v) is 10.2. The van der Waals surface area contributed by atoms with Crippen LogP contribution in [-0.2, 0) is 15.1 Å². The van der Waals surface area contributed by atoms with E-state index in [0.29, 0.717) is 17.3 Å². The number of fused-ring (bicyclic) bond motifs is 1. The number of rotatable bonds is 4. The molecule has 7 heteroatoms. The van der Waals surface area contributed by atoms with Gasteiger partial charge in [0.05, 0.1) is 29.1 Å². The van der Waals surface area contributed by atoms with Crippen LogP contribution in [0.25, 0.3) is 21.3 Å². The number of aromatic nitrogens is 2. The smallest absolute Gasteiger partial charge is 0.164 e. The van der Waals surface area contributed by atoms with Crippen molar-refractivity contribution in [2.24, 2.45) is 5.73 Å². The zero-order valence-electron chi connectivity index (χ0n) is 18.1. The summed E-state index contributed by atoms with van der Waals surface area (Å²) in [5.41, 5.74) is 9.68. The minimum Gasteiger partial charge on any atom is -0.347 e. The molecule has 5 rings (SSSR count). The van der Waals surface area contributed by atoms with Gasteiger partial charge < -0.3 is 15.2 Å². The highest BCUT2D eigenvalue weighted by molar-refractivity contribution is 7.19. The van der Waals surface area contributed by atoms with Gasteiger partial charge in [-0.2, -0.15) is 0 Å². The van der Waals surface area contributed by atoms with Crippen molar-refractivity contribution in [2.75, 3.05) is 6.61 Å². The Hall–Kier alpha value is -2.35. The van der Waals surface area contributed by atoms with E-state index in [1.807, 2.05) is 38.2 Å². The maximum Gasteiger partial charge on any atom is 0.164 e. The van der Waals surface area contributed by atoms with Crippen LogP contribution in [0.1, 0.15) is 42.9 Å². The third-order valence-electron chi connectivity index (χ3n) is 5.76. The highest BCUT2D eigenvalue weighted by Gasteiger charge is 2.43. The van der Waals surface area contributed by atoms with E-state index in [-0.39, 0.29) is 0 Å². The van der Waals surface area contributed by atoms with Crippen molar-refractivity contribution < 1.29 is 9.47 Å². The molecule has 0 saturated carbocycles. The van der Waals surface area contributed by atoms with Gasteiger partial charge in [0.1, 0.15) is 5.60 Å². The molecule has 2 N–H and O–H groups in total. The first-order valence-electron chi connectivity index (χ1n) is 10.5. The zero-order valence-corrected chi connectivity index (χ0v) is 19.7. The van der Waals surface area contributed by atoms with Crippen LogP contribution in [0.5, 0.6) is 0 Å². The molecular formula is C25H24ClN3O2S. The van der Waals surface area contributed by atoms with E-state index < -0.39 is 17.4 Å². The second kappa shape index (κ2) is 7.90. The van der Waals surface area contributed by atoms with E-state index in [1.165, 1.54) is 0 Å². The summed E-state index contributed by atoms with van der Waals surface area (Å²) in [6.07, 6.45) is 3.54. The summed E-state index contributed by atoms with van der Waals surface area (Å²) < 4.78 is 13.2. The Bertz CT molecular complexity index is 1310. The lowest BCUT2D eigenvalue weighted by atomic mass is 9.96. The normalized spacial score (nSPS) is 21.2. The topological polar surface area (TPSA) is 70.3 Å². The molecule has 4 aromatic rings. The maximum atomic E-state index is 6.54. The van der Waals surface area contributed by atoms with E-state index in [1.54, 1.807) is 23.6 Å². The van der Waals surface area contributed by atoms with Crippen LogP contribution in [0.4, 0.5) is 0 Å². The van der Waals surface area contributed by atoms with Crippen molar-refractivity contribution in [3.05, 3.63) is 82.1 Å². The Kier molecular flexibility index (Phi) is 5.31. The number of halogens is 1. The monoisotopic (exact) mass is 465 g/mol. The Labute approximate surface area is 196 Å². The fourth-order valence-electron chi connectivity index (χ4n) is 4.16. The van der Waals surface area contributed by atoms with Crippen LogP contribution in [0.15, 0.2) is 60.9 Å². The van der Waals surface area contributed by atoms with Gasteiger partial charge in [0.15, 0.2) is 5.79 Å². The van der Waals surface area contributed by atoms with Crippen LogP contribution in [0.3, 0.4) is 0 Å². The first-order chi connectivity index (χ1) is 15.3. The van der Waals surface area contributed by atoms with Gasteiger partial charge in [-0.3, -0.25) is 9.97 Å². The zero-order chi connectivity index (χ0) is 22.5. The third-order valence-corrected chi connectivity index (χ3v) is 7.35. The Morgan fingerprint density at radius 2 is 1.91 bits per heavy atom. The SMILES string of the molecule is CC1(C)OCC(C)(c2ccnc(-c3cccc4cc(C(N)c5ncccc5Cl)sc34)c2)O1. The number of nitrogens with two attached hydrogens (primary N) is 1. The molecular weight excluding hydrogens is 442 g/mol. The van der Waals surface area contributed by atoms with Crippen LogP contribution < -0.4 is 5.73 Å². The number of hydrogen-bond donors (Lipinski definition) is 1. The number of ether oxygens (including phenoxy) is 2. The minimum absolute atomic E-state index is 0.390. The molecule has 164 valence electrons. The molecule has 1 aliphatic rings. The lowest BCUT2D eigenvalue weighted by Gasteiger charge is -2.25. The quantitative estimate of drug-likeness (QED) is 0.396. The summed E-state index contributed by atoms with van der Waals surface area (Å²) in [6, 6.07) is 15.7. The molecule has 2 unspecified atom stereocenters. The number of nitrogens with zero attached hydrogens (tertiary/aromatic N) is 2. The molecule has 1 aliphatic heterocycles. The van der Waals surface area contributed by atoms with Crippen molar-refractivity contribution in [3.63, 3.8) is 0 Å². The van der Waals surface area contributed by atoms with Gasteiger partial charge in [0, 0.05) is 27.5 Å². The largest absolute Gasteiger partial charge is 0.347 e. The van der Waals surface area contributed by atoms with Gasteiger partial charge >= 0.3 is 0 Å². The van der Waals surface area contributed by atoms with Gasteiger partial charge in [0.2, 0.25) is 0 Å². The average Bonchev–Trinajstić information content (AvgIpc) is 3.34. The molecule has 3 aromatic heterocycles. The average molecular weight is 466 g/mol. The Morgan fingerprint density at radius 1 is 1.06 bits per heavy atom. The molecule has 0 spiro atoms. The second-order valence-electron chi connectivity index (χ2n) is 8.67. The van der Waals surface area contributed by atoms with Crippen molar-refractivity contribution in [1.29, 1.82) is 0 Å². The standard InChI is InChI=1S/C25H24ClN3O2S/c1-24(2)30-14-25(3,31-24)16-9-11-28-19(13-16)17-7-4-6-15-12-20(32-23(15)17)21(27)22-18(26)8-5-10-29-22/h4-13,21H,14,27H2,1-3H3. The van der Waals surface area contributed by atoms with Gasteiger partial charge in [-0.05, 0) is 62.1 Å². The summed E-state index contributed by atoms with van der Waals surface area (Å²) in [7, 11) is 0. The van der Waals surface area contributed by atoms with Gasteiger partial charge in [-0.15, -0.1) is 11.3 Å². The molecule has 32 heavy (non-hydrogen) atoms. The molecule has 1 fully saturated rings. The molecule has 0 aliphatic carbocycles. The first-order valence-corrected chi connectivity index (χ1v) is 11.6. The highest BCUT2D eigenvalue weighted by atomic mass is 35.5. The van der Waals surface area contributed by atoms with Gasteiger partial charge in [0.25, 0.3) is 0 Å². The van der Waals surface area contributed by atoms with E-state index >= 15 is 0 Å². The number of pyridine rings is 2. The van der Waals surface area contributed by atoms with Crippen LogP contribution in [0.2, 0.25) is 5.02 Å². The number of benzene rings is 1. The third kappa shape index (κ3) is 3.83. The highest BCUT2D eigenvalue weighted by Crippen LogP contribution is 2.41. The molecule has 5 nitrogen and oxygen atoms in total. The van der Waals surface area contributed by atoms with Crippen molar-refractivity contribution in [2.45, 2.75) is 38.2 Å². The fourth-order valence-corrected chi connectivity index (χ4v) is 5.59. The van der Waals surface area contributed by atoms with Crippen molar-refractivity contribution in [3.8, 4) is 11.3 Å². The van der Waals surface area contributed by atoms with Gasteiger partial charge in [-0.25, -0.2) is 0 Å². The minimum atomic E-state index is -0.607. The summed E-state index contributed by atoms with van der Waals surface area (Å²) in [6.45, 7) is 6.42. The maximum absolute atomic E-state index is 6.54. The molecule has 4 heterocycles. The molecule has 2 atom stereocenters. The summed E-state index contributed by atoms with van der Waals surface area (Å²) in [5.74, 6) is -0.607. The van der Waals surface area contributed by atoms with Crippen molar-refractivity contribution in [1.82, 2.24) is 9.97 Å². The predicted octanol–water partition coefficient (Wildman–Crippen LogP) is 6.06. The first kappa shape index (κ1) is 21.5. The molecule has 1 aromatic carbocycles. The molecule has 0 amide bonds. The number of thiophene rings is 1. The van der Waals surface area contributed by atoms with Crippen molar-refractivity contribution >= 4 is 33.0 Å². The van der Waals surface area contributed by atoms with E-state index in [4.69, 9.17) is 26.8 Å². The predicted molar refractivity (Wildman–Crippen MR) is 129 cm³/mol. The fraction of sp³-hybridized carbons (Fsp3) is 0.280. The van der Waals surface area contributed by atoms with E-state index in [9.17, 15) is 0 Å². The molecule has 0 radical (unpaired) electrons. The van der Waals surface area contributed by atoms with Crippen LogP contribution in [0, 0.1) is 0 Å². The Morgan fingerprint density at radius 3 is 2.66 bits per heavy atom. The number of hydrogen-bond acceptors (Lipinski definition) is 6. The van der Waals surface area contributed by atoms with Crippen LogP contribution >= 0.6 is 22.9 Å². The van der Waals surface area contributed by atoms with Crippen LogP contribution in [-0.4, -0.2) is 22.4 Å². The Balaban J connectivity index is 1.55. The lowest BCUT2D eigenvalue weighted by molar-refractivity contribution is -0.159. The van der Waals surface area contributed by atoms with E-state index in [0.717, 1.165) is 31.8 Å².